The number of hydrogen-bond acceptors (Lipinski definition) is 3. The number of thiophene rings is 1. The van der Waals surface area contributed by atoms with Crippen LogP contribution < -0.4 is 5.73 Å². The quantitative estimate of drug-likeness (QED) is 0.832. The van der Waals surface area contributed by atoms with E-state index in [1.165, 1.54) is 0 Å². The summed E-state index contributed by atoms with van der Waals surface area (Å²) in [6.07, 6.45) is 0. The van der Waals surface area contributed by atoms with Gasteiger partial charge in [0.15, 0.2) is 5.78 Å². The molecule has 0 bridgehead atoms. The summed E-state index contributed by atoms with van der Waals surface area (Å²) in [5.41, 5.74) is 6.30. The third-order valence-corrected chi connectivity index (χ3v) is 4.12. The first kappa shape index (κ1) is 10.9. The average molecular weight is 262 g/mol. The van der Waals surface area contributed by atoms with Crippen molar-refractivity contribution in [3.05, 3.63) is 19.8 Å². The Morgan fingerprint density at radius 1 is 1.46 bits per heavy atom. The number of aryl methyl sites for hydroxylation is 2. The Hall–Kier alpha value is -0.190. The molecule has 0 aliphatic carbocycles. The first-order valence-electron chi connectivity index (χ1n) is 4.00. The van der Waals surface area contributed by atoms with Crippen molar-refractivity contribution in [2.24, 2.45) is 5.73 Å². The normalized spacial score (nSPS) is 13.0. The molecular formula is C9H12BrNOS. The molecule has 0 aliphatic heterocycles. The van der Waals surface area contributed by atoms with Crippen molar-refractivity contribution in [1.82, 2.24) is 0 Å². The van der Waals surface area contributed by atoms with Gasteiger partial charge in [0.1, 0.15) is 0 Å². The lowest BCUT2D eigenvalue weighted by atomic mass is 10.1. The van der Waals surface area contributed by atoms with Gasteiger partial charge in [-0.3, -0.25) is 4.79 Å². The second-order valence-corrected chi connectivity index (χ2v) is 5.28. The van der Waals surface area contributed by atoms with Gasteiger partial charge in [-0.2, -0.15) is 0 Å². The summed E-state index contributed by atoms with van der Waals surface area (Å²) >= 11 is 5.02. The maximum Gasteiger partial charge on any atom is 0.181 e. The van der Waals surface area contributed by atoms with Crippen LogP contribution in [0.4, 0.5) is 0 Å². The zero-order valence-corrected chi connectivity index (χ0v) is 10.3. The third-order valence-electron chi connectivity index (χ3n) is 1.85. The average Bonchev–Trinajstić information content (AvgIpc) is 2.26. The number of hydrogen-bond donors (Lipinski definition) is 1. The summed E-state index contributed by atoms with van der Waals surface area (Å²) in [5, 5.41) is 0. The van der Waals surface area contributed by atoms with E-state index in [2.05, 4.69) is 15.9 Å². The van der Waals surface area contributed by atoms with Gasteiger partial charge in [0.05, 0.1) is 6.04 Å². The van der Waals surface area contributed by atoms with Crippen LogP contribution in [0.2, 0.25) is 0 Å². The van der Waals surface area contributed by atoms with E-state index >= 15 is 0 Å². The maximum absolute atomic E-state index is 11.7. The van der Waals surface area contributed by atoms with E-state index in [-0.39, 0.29) is 5.78 Å². The summed E-state index contributed by atoms with van der Waals surface area (Å²) in [7, 11) is 0. The van der Waals surface area contributed by atoms with Crippen LogP contribution in [-0.2, 0) is 0 Å². The fourth-order valence-corrected chi connectivity index (χ4v) is 2.99. The predicted molar refractivity (Wildman–Crippen MR) is 59.5 cm³/mol. The maximum atomic E-state index is 11.7. The van der Waals surface area contributed by atoms with Crippen LogP contribution in [0.3, 0.4) is 0 Å². The van der Waals surface area contributed by atoms with Gasteiger partial charge in [0.2, 0.25) is 0 Å². The highest BCUT2D eigenvalue weighted by Gasteiger charge is 2.20. The SMILES string of the molecule is Cc1sc(C)c(C(=O)C(C)N)c1Br. The topological polar surface area (TPSA) is 43.1 Å². The molecule has 1 aromatic rings. The minimum absolute atomic E-state index is 0.00808. The Morgan fingerprint density at radius 2 is 2.00 bits per heavy atom. The molecule has 0 aromatic carbocycles. The second kappa shape index (κ2) is 3.90. The number of nitrogens with two attached hydrogens (primary N) is 1. The molecule has 72 valence electrons. The van der Waals surface area contributed by atoms with E-state index in [4.69, 9.17) is 5.73 Å². The van der Waals surface area contributed by atoms with Gasteiger partial charge in [-0.15, -0.1) is 11.3 Å². The number of ketones is 1. The van der Waals surface area contributed by atoms with Gasteiger partial charge in [0, 0.05) is 19.8 Å². The van der Waals surface area contributed by atoms with Crippen molar-refractivity contribution in [2.75, 3.05) is 0 Å². The summed E-state index contributed by atoms with van der Waals surface area (Å²) in [5.74, 6) is 0.00808. The van der Waals surface area contributed by atoms with Crippen LogP contribution in [0.15, 0.2) is 4.47 Å². The van der Waals surface area contributed by atoms with Crippen molar-refractivity contribution >= 4 is 33.0 Å². The molecular weight excluding hydrogens is 250 g/mol. The molecule has 0 saturated carbocycles. The predicted octanol–water partition coefficient (Wildman–Crippen LogP) is 2.66. The minimum Gasteiger partial charge on any atom is -0.321 e. The van der Waals surface area contributed by atoms with Crippen molar-refractivity contribution in [1.29, 1.82) is 0 Å². The monoisotopic (exact) mass is 261 g/mol. The second-order valence-electron chi connectivity index (χ2n) is 3.06. The lowest BCUT2D eigenvalue weighted by molar-refractivity contribution is 0.0967. The molecule has 13 heavy (non-hydrogen) atoms. The molecule has 2 nitrogen and oxygen atoms in total. The van der Waals surface area contributed by atoms with Crippen molar-refractivity contribution in [3.8, 4) is 0 Å². The highest BCUT2D eigenvalue weighted by Crippen LogP contribution is 2.32. The van der Waals surface area contributed by atoms with Gasteiger partial charge in [-0.05, 0) is 36.7 Å². The first-order chi connectivity index (χ1) is 5.95. The van der Waals surface area contributed by atoms with E-state index in [0.29, 0.717) is 0 Å². The van der Waals surface area contributed by atoms with Crippen LogP contribution in [0.5, 0.6) is 0 Å². The molecule has 1 unspecified atom stereocenters. The molecule has 0 fully saturated rings. The molecule has 0 saturated heterocycles. The van der Waals surface area contributed by atoms with Crippen molar-refractivity contribution in [2.45, 2.75) is 26.8 Å². The van der Waals surface area contributed by atoms with Gasteiger partial charge >= 0.3 is 0 Å². The molecule has 0 radical (unpaired) electrons. The molecule has 0 spiro atoms. The van der Waals surface area contributed by atoms with Gasteiger partial charge in [-0.1, -0.05) is 0 Å². The number of rotatable bonds is 2. The summed E-state index contributed by atoms with van der Waals surface area (Å²) in [6, 6.07) is -0.427. The Morgan fingerprint density at radius 3 is 2.31 bits per heavy atom. The van der Waals surface area contributed by atoms with Crippen LogP contribution >= 0.6 is 27.3 Å². The van der Waals surface area contributed by atoms with Gasteiger partial charge < -0.3 is 5.73 Å². The smallest absolute Gasteiger partial charge is 0.181 e. The largest absolute Gasteiger partial charge is 0.321 e. The molecule has 0 aliphatic rings. The molecule has 1 heterocycles. The molecule has 1 atom stereocenters. The van der Waals surface area contributed by atoms with E-state index in [1.807, 2.05) is 13.8 Å². The number of Topliss-reactive ketones (excluding diaryl/α,β-unsaturated/α-hetero) is 1. The highest BCUT2D eigenvalue weighted by atomic mass is 79.9. The van der Waals surface area contributed by atoms with Crippen LogP contribution in [0.1, 0.15) is 27.0 Å². The highest BCUT2D eigenvalue weighted by molar-refractivity contribution is 9.10. The van der Waals surface area contributed by atoms with Crippen molar-refractivity contribution in [3.63, 3.8) is 0 Å². The van der Waals surface area contributed by atoms with E-state index in [1.54, 1.807) is 18.3 Å². The Balaban J connectivity index is 3.21. The van der Waals surface area contributed by atoms with Crippen LogP contribution in [0, 0.1) is 13.8 Å². The standard InChI is InChI=1S/C9H12BrNOS/c1-4(11)9(12)7-5(2)13-6(3)8(7)10/h4H,11H2,1-3H3. The lowest BCUT2D eigenvalue weighted by Gasteiger charge is -2.04. The summed E-state index contributed by atoms with van der Waals surface area (Å²) < 4.78 is 0.900. The molecule has 4 heteroatoms. The van der Waals surface area contributed by atoms with E-state index < -0.39 is 6.04 Å². The first-order valence-corrected chi connectivity index (χ1v) is 5.61. The van der Waals surface area contributed by atoms with Crippen LogP contribution in [-0.4, -0.2) is 11.8 Å². The Labute approximate surface area is 90.3 Å². The van der Waals surface area contributed by atoms with E-state index in [0.717, 1.165) is 19.8 Å². The molecule has 0 amide bonds. The molecule has 1 rings (SSSR count). The number of carbonyl (C=O) groups excluding carboxylic acids is 1. The van der Waals surface area contributed by atoms with Gasteiger partial charge in [-0.25, -0.2) is 0 Å². The Kier molecular flexibility index (Phi) is 3.27. The van der Waals surface area contributed by atoms with E-state index in [9.17, 15) is 4.79 Å². The summed E-state index contributed by atoms with van der Waals surface area (Å²) in [4.78, 5) is 13.8. The van der Waals surface area contributed by atoms with Crippen LogP contribution in [0.25, 0.3) is 0 Å². The molecule has 1 aromatic heterocycles. The fraction of sp³-hybridized carbons (Fsp3) is 0.444. The third kappa shape index (κ3) is 2.00. The fourth-order valence-electron chi connectivity index (χ4n) is 1.17. The minimum atomic E-state index is -0.427. The zero-order valence-electron chi connectivity index (χ0n) is 7.85. The molecule has 2 N–H and O–H groups in total. The van der Waals surface area contributed by atoms with Crippen molar-refractivity contribution < 1.29 is 4.79 Å². The summed E-state index contributed by atoms with van der Waals surface area (Å²) in [6.45, 7) is 5.64. The van der Waals surface area contributed by atoms with Gasteiger partial charge in [0.25, 0.3) is 0 Å². The zero-order chi connectivity index (χ0) is 10.2. The number of carbonyl (C=O) groups is 1. The lowest BCUT2D eigenvalue weighted by Crippen LogP contribution is -2.27. The number of halogens is 1. The Bertz CT molecular complexity index is 344.